The number of para-hydroxylation sites is 1. The van der Waals surface area contributed by atoms with Crippen molar-refractivity contribution in [1.29, 1.82) is 5.26 Å². The van der Waals surface area contributed by atoms with E-state index in [2.05, 4.69) is 25.2 Å². The highest BCUT2D eigenvalue weighted by atomic mass is 15.0. The molecule has 1 atom stereocenters. The van der Waals surface area contributed by atoms with Crippen molar-refractivity contribution in [3.63, 3.8) is 0 Å². The number of nitrogens with one attached hydrogen (secondary N) is 1. The third kappa shape index (κ3) is 3.63. The van der Waals surface area contributed by atoms with Crippen LogP contribution in [-0.2, 0) is 0 Å². The van der Waals surface area contributed by atoms with E-state index in [-0.39, 0.29) is 0 Å². The van der Waals surface area contributed by atoms with Gasteiger partial charge in [0.05, 0.1) is 6.07 Å². The molecule has 0 aliphatic carbocycles. The van der Waals surface area contributed by atoms with Crippen molar-refractivity contribution in [1.82, 2.24) is 0 Å². The van der Waals surface area contributed by atoms with Crippen LogP contribution >= 0.6 is 0 Å². The summed E-state index contributed by atoms with van der Waals surface area (Å²) in [7, 11) is 0. The summed E-state index contributed by atoms with van der Waals surface area (Å²) >= 11 is 0. The molecule has 0 aromatic heterocycles. The van der Waals surface area contributed by atoms with Crippen LogP contribution in [-0.4, -0.2) is 5.54 Å². The van der Waals surface area contributed by atoms with Crippen LogP contribution in [0.3, 0.4) is 0 Å². The standard InChI is InChI=1S/C13H18N2/c1-11(2)9-13(3,10-14)15-12-7-5-4-6-8-12/h4-8,11,15H,9H2,1-3H3. The van der Waals surface area contributed by atoms with Gasteiger partial charge in [-0.25, -0.2) is 0 Å². The van der Waals surface area contributed by atoms with E-state index in [1.165, 1.54) is 0 Å². The van der Waals surface area contributed by atoms with E-state index >= 15 is 0 Å². The molecule has 0 spiro atoms. The molecular formula is C13H18N2. The van der Waals surface area contributed by atoms with E-state index in [4.69, 9.17) is 0 Å². The van der Waals surface area contributed by atoms with Crippen LogP contribution in [0.1, 0.15) is 27.2 Å². The van der Waals surface area contributed by atoms with Crippen LogP contribution in [0.5, 0.6) is 0 Å². The van der Waals surface area contributed by atoms with Gasteiger partial charge < -0.3 is 5.32 Å². The van der Waals surface area contributed by atoms with Crippen molar-refractivity contribution in [3.8, 4) is 6.07 Å². The topological polar surface area (TPSA) is 35.8 Å². The number of nitriles is 1. The molecule has 1 aromatic rings. The Hall–Kier alpha value is -1.49. The summed E-state index contributed by atoms with van der Waals surface area (Å²) in [6.07, 6.45) is 0.846. The zero-order chi connectivity index (χ0) is 11.3. The van der Waals surface area contributed by atoms with E-state index < -0.39 is 5.54 Å². The average molecular weight is 202 g/mol. The van der Waals surface area contributed by atoms with Gasteiger partial charge in [0.2, 0.25) is 0 Å². The van der Waals surface area contributed by atoms with Gasteiger partial charge in [-0.3, -0.25) is 0 Å². The summed E-state index contributed by atoms with van der Waals surface area (Å²) < 4.78 is 0. The molecule has 0 saturated carbocycles. The van der Waals surface area contributed by atoms with Gasteiger partial charge in [-0.2, -0.15) is 5.26 Å². The monoisotopic (exact) mass is 202 g/mol. The maximum Gasteiger partial charge on any atom is 0.122 e. The number of rotatable bonds is 4. The van der Waals surface area contributed by atoms with Crippen molar-refractivity contribution in [2.45, 2.75) is 32.7 Å². The quantitative estimate of drug-likeness (QED) is 0.812. The molecule has 1 N–H and O–H groups in total. The zero-order valence-corrected chi connectivity index (χ0v) is 9.62. The molecule has 0 aliphatic heterocycles. The normalized spacial score (nSPS) is 14.3. The highest BCUT2D eigenvalue weighted by molar-refractivity contribution is 5.46. The van der Waals surface area contributed by atoms with E-state index in [1.54, 1.807) is 0 Å². The Labute approximate surface area is 91.9 Å². The van der Waals surface area contributed by atoms with Gasteiger partial charge in [0, 0.05) is 5.69 Å². The lowest BCUT2D eigenvalue weighted by molar-refractivity contribution is 0.474. The van der Waals surface area contributed by atoms with E-state index in [0.29, 0.717) is 5.92 Å². The smallest absolute Gasteiger partial charge is 0.122 e. The largest absolute Gasteiger partial charge is 0.368 e. The second kappa shape index (κ2) is 4.84. The van der Waals surface area contributed by atoms with Crippen LogP contribution in [0, 0.1) is 17.2 Å². The summed E-state index contributed by atoms with van der Waals surface area (Å²) in [5.41, 5.74) is 0.525. The van der Waals surface area contributed by atoms with Crippen LogP contribution in [0.15, 0.2) is 30.3 Å². The Bertz CT molecular complexity index is 337. The molecule has 0 fully saturated rings. The Kier molecular flexibility index (Phi) is 3.74. The van der Waals surface area contributed by atoms with Gasteiger partial charge in [-0.1, -0.05) is 32.0 Å². The molecule has 15 heavy (non-hydrogen) atoms. The second-order valence-electron chi connectivity index (χ2n) is 4.53. The molecule has 2 nitrogen and oxygen atoms in total. The maximum absolute atomic E-state index is 9.18. The first kappa shape index (κ1) is 11.6. The van der Waals surface area contributed by atoms with Crippen molar-refractivity contribution in [2.75, 3.05) is 5.32 Å². The number of hydrogen-bond donors (Lipinski definition) is 1. The third-order valence-corrected chi connectivity index (χ3v) is 2.26. The minimum atomic E-state index is -0.477. The molecule has 0 saturated heterocycles. The van der Waals surface area contributed by atoms with E-state index in [0.717, 1.165) is 12.1 Å². The predicted molar refractivity (Wildman–Crippen MR) is 63.5 cm³/mol. The molecule has 1 aromatic carbocycles. The van der Waals surface area contributed by atoms with Gasteiger partial charge in [0.1, 0.15) is 5.54 Å². The lowest BCUT2D eigenvalue weighted by Crippen LogP contribution is -2.34. The summed E-state index contributed by atoms with van der Waals surface area (Å²) in [4.78, 5) is 0. The molecule has 0 bridgehead atoms. The van der Waals surface area contributed by atoms with Gasteiger partial charge in [-0.05, 0) is 31.4 Å². The molecule has 0 aliphatic rings. The van der Waals surface area contributed by atoms with Gasteiger partial charge in [-0.15, -0.1) is 0 Å². The highest BCUT2D eigenvalue weighted by Crippen LogP contribution is 2.21. The second-order valence-corrected chi connectivity index (χ2v) is 4.53. The van der Waals surface area contributed by atoms with Crippen molar-refractivity contribution >= 4 is 5.69 Å². The lowest BCUT2D eigenvalue weighted by Gasteiger charge is -2.26. The fourth-order valence-corrected chi connectivity index (χ4v) is 1.78. The minimum Gasteiger partial charge on any atom is -0.368 e. The summed E-state index contributed by atoms with van der Waals surface area (Å²) in [6, 6.07) is 12.2. The Morgan fingerprint density at radius 3 is 2.40 bits per heavy atom. The van der Waals surface area contributed by atoms with Gasteiger partial charge in [0.25, 0.3) is 0 Å². The average Bonchev–Trinajstić information content (AvgIpc) is 2.18. The van der Waals surface area contributed by atoms with Crippen LogP contribution in [0.4, 0.5) is 5.69 Å². The highest BCUT2D eigenvalue weighted by Gasteiger charge is 2.24. The molecule has 80 valence electrons. The predicted octanol–water partition coefficient (Wildman–Crippen LogP) is 3.43. The van der Waals surface area contributed by atoms with Crippen LogP contribution < -0.4 is 5.32 Å². The number of nitrogens with zero attached hydrogens (tertiary/aromatic N) is 1. The van der Waals surface area contributed by atoms with E-state index in [1.807, 2.05) is 37.3 Å². The van der Waals surface area contributed by atoms with Crippen LogP contribution in [0.25, 0.3) is 0 Å². The molecule has 2 heteroatoms. The maximum atomic E-state index is 9.18. The first-order valence-corrected chi connectivity index (χ1v) is 5.30. The number of anilines is 1. The molecule has 0 heterocycles. The first-order valence-electron chi connectivity index (χ1n) is 5.30. The molecule has 0 radical (unpaired) electrons. The van der Waals surface area contributed by atoms with E-state index in [9.17, 15) is 5.26 Å². The van der Waals surface area contributed by atoms with Crippen molar-refractivity contribution in [2.24, 2.45) is 5.92 Å². The summed E-state index contributed by atoms with van der Waals surface area (Å²) in [6.45, 7) is 6.20. The number of hydrogen-bond acceptors (Lipinski definition) is 2. The van der Waals surface area contributed by atoms with Crippen molar-refractivity contribution < 1.29 is 0 Å². The van der Waals surface area contributed by atoms with Crippen molar-refractivity contribution in [3.05, 3.63) is 30.3 Å². The minimum absolute atomic E-state index is 0.477. The molecule has 1 unspecified atom stereocenters. The Morgan fingerprint density at radius 1 is 1.33 bits per heavy atom. The Morgan fingerprint density at radius 2 is 1.93 bits per heavy atom. The SMILES string of the molecule is CC(C)CC(C)(C#N)Nc1ccccc1. The van der Waals surface area contributed by atoms with Gasteiger partial charge >= 0.3 is 0 Å². The third-order valence-electron chi connectivity index (χ3n) is 2.26. The lowest BCUT2D eigenvalue weighted by atomic mass is 9.92. The van der Waals surface area contributed by atoms with Gasteiger partial charge in [0.15, 0.2) is 0 Å². The first-order chi connectivity index (χ1) is 7.06. The Balaban J connectivity index is 2.74. The zero-order valence-electron chi connectivity index (χ0n) is 9.62. The number of benzene rings is 1. The molecule has 1 rings (SSSR count). The summed E-state index contributed by atoms with van der Waals surface area (Å²) in [5.74, 6) is 0.505. The molecular weight excluding hydrogens is 184 g/mol. The van der Waals surface area contributed by atoms with Crippen LogP contribution in [0.2, 0.25) is 0 Å². The summed E-state index contributed by atoms with van der Waals surface area (Å²) in [5, 5.41) is 12.5. The fourth-order valence-electron chi connectivity index (χ4n) is 1.78. The molecule has 0 amide bonds. The fraction of sp³-hybridized carbons (Fsp3) is 0.462.